The van der Waals surface area contributed by atoms with Gasteiger partial charge in [0.15, 0.2) is 6.10 Å². The van der Waals surface area contributed by atoms with Crippen molar-refractivity contribution in [2.24, 2.45) is 11.8 Å². The standard InChI is InChI=1S/C15H19IO4.C11H13IO5/c1-9-8-18-15(14(10(9)2)19-11(3)17)20-13-6-4-12(16)5-7-13;12-6-1-3-7(4-2-6)17-11-10(15)9(14)8(13)5-16-11/h4-7,9-10,14-15H,8H2,1-3H3;1-4,8-11,13-15H,5H2. The lowest BCUT2D eigenvalue weighted by Gasteiger charge is -2.38. The highest BCUT2D eigenvalue weighted by molar-refractivity contribution is 14.1. The van der Waals surface area contributed by atoms with E-state index in [1.165, 1.54) is 6.92 Å². The van der Waals surface area contributed by atoms with Gasteiger partial charge >= 0.3 is 5.97 Å². The zero-order chi connectivity index (χ0) is 27.1. The summed E-state index contributed by atoms with van der Waals surface area (Å²) in [5.41, 5.74) is 0. The highest BCUT2D eigenvalue weighted by atomic mass is 127. The Morgan fingerprint density at radius 2 is 1.30 bits per heavy atom. The van der Waals surface area contributed by atoms with Crippen LogP contribution in [-0.4, -0.2) is 71.5 Å². The highest BCUT2D eigenvalue weighted by Crippen LogP contribution is 2.30. The summed E-state index contributed by atoms with van der Waals surface area (Å²) in [5.74, 6) is 1.47. The summed E-state index contributed by atoms with van der Waals surface area (Å²) >= 11 is 4.41. The van der Waals surface area contributed by atoms with E-state index in [1.807, 2.05) is 36.4 Å². The molecule has 8 atom stereocenters. The second-order valence-electron chi connectivity index (χ2n) is 9.01. The van der Waals surface area contributed by atoms with Crippen molar-refractivity contribution >= 4 is 51.2 Å². The van der Waals surface area contributed by atoms with Crippen LogP contribution in [0, 0.1) is 19.0 Å². The Morgan fingerprint density at radius 3 is 1.81 bits per heavy atom. The highest BCUT2D eigenvalue weighted by Gasteiger charge is 2.40. The Bertz CT molecular complexity index is 989. The van der Waals surface area contributed by atoms with Crippen LogP contribution >= 0.6 is 45.2 Å². The molecule has 9 nitrogen and oxygen atoms in total. The summed E-state index contributed by atoms with van der Waals surface area (Å²) in [6.07, 6.45) is -5.49. The topological polar surface area (TPSA) is 124 Å². The summed E-state index contributed by atoms with van der Waals surface area (Å²) in [6, 6.07) is 14.9. The van der Waals surface area contributed by atoms with E-state index in [9.17, 15) is 20.1 Å². The fourth-order valence-electron chi connectivity index (χ4n) is 3.70. The van der Waals surface area contributed by atoms with Crippen molar-refractivity contribution in [3.05, 3.63) is 55.7 Å². The van der Waals surface area contributed by atoms with Crippen LogP contribution < -0.4 is 9.47 Å². The molecule has 0 aromatic heterocycles. The van der Waals surface area contributed by atoms with Crippen molar-refractivity contribution in [2.75, 3.05) is 13.2 Å². The molecule has 4 rings (SSSR count). The minimum Gasteiger partial charge on any atom is -0.462 e. The van der Waals surface area contributed by atoms with Gasteiger partial charge in [0.2, 0.25) is 12.6 Å². The molecule has 2 aliphatic heterocycles. The summed E-state index contributed by atoms with van der Waals surface area (Å²) < 4.78 is 29.7. The fourth-order valence-corrected chi connectivity index (χ4v) is 4.42. The maximum absolute atomic E-state index is 11.3. The Kier molecular flexibility index (Phi) is 11.7. The number of carbonyl (C=O) groups excluding carboxylic acids is 1. The smallest absolute Gasteiger partial charge is 0.303 e. The van der Waals surface area contributed by atoms with Gasteiger partial charge in [-0.05, 0) is 99.6 Å². The van der Waals surface area contributed by atoms with E-state index in [0.717, 1.165) is 7.14 Å². The number of halogens is 2. The van der Waals surface area contributed by atoms with Crippen LogP contribution in [0.25, 0.3) is 0 Å². The molecule has 0 radical (unpaired) electrons. The third-order valence-electron chi connectivity index (χ3n) is 6.10. The normalized spacial score (nSPS) is 31.5. The van der Waals surface area contributed by atoms with Crippen LogP contribution in [0.1, 0.15) is 20.8 Å². The molecule has 0 saturated carbocycles. The van der Waals surface area contributed by atoms with Gasteiger partial charge in [-0.1, -0.05) is 13.8 Å². The van der Waals surface area contributed by atoms with Gasteiger partial charge in [-0.15, -0.1) is 0 Å². The maximum atomic E-state index is 11.3. The number of benzene rings is 2. The van der Waals surface area contributed by atoms with Crippen molar-refractivity contribution in [2.45, 2.75) is 57.8 Å². The van der Waals surface area contributed by atoms with E-state index in [4.69, 9.17) is 23.7 Å². The average molecular weight is 742 g/mol. The molecular weight excluding hydrogens is 710 g/mol. The van der Waals surface area contributed by atoms with Gasteiger partial charge in [0.05, 0.1) is 13.2 Å². The Balaban J connectivity index is 0.000000208. The largest absolute Gasteiger partial charge is 0.462 e. The number of hydrogen-bond donors (Lipinski definition) is 3. The molecule has 3 N–H and O–H groups in total. The molecule has 37 heavy (non-hydrogen) atoms. The molecule has 0 aliphatic carbocycles. The minimum atomic E-state index is -1.27. The van der Waals surface area contributed by atoms with Crippen LogP contribution in [0.15, 0.2) is 48.5 Å². The van der Waals surface area contributed by atoms with Crippen molar-refractivity contribution in [3.63, 3.8) is 0 Å². The predicted octanol–water partition coefficient (Wildman–Crippen LogP) is 3.34. The van der Waals surface area contributed by atoms with E-state index in [2.05, 4.69) is 59.0 Å². The summed E-state index contributed by atoms with van der Waals surface area (Å²) in [4.78, 5) is 11.3. The van der Waals surface area contributed by atoms with Gasteiger partial charge in [0.1, 0.15) is 29.8 Å². The van der Waals surface area contributed by atoms with E-state index in [-0.39, 0.29) is 24.6 Å². The molecule has 0 bridgehead atoms. The quantitative estimate of drug-likeness (QED) is 0.313. The van der Waals surface area contributed by atoms with Crippen LogP contribution in [0.4, 0.5) is 0 Å². The van der Waals surface area contributed by atoms with Crippen molar-refractivity contribution in [1.29, 1.82) is 0 Å². The number of ether oxygens (including phenoxy) is 5. The Labute approximate surface area is 243 Å². The van der Waals surface area contributed by atoms with Gasteiger partial charge in [-0.3, -0.25) is 4.79 Å². The van der Waals surface area contributed by atoms with Crippen LogP contribution in [0.2, 0.25) is 0 Å². The molecule has 2 heterocycles. The van der Waals surface area contributed by atoms with Gasteiger partial charge in [0, 0.05) is 20.0 Å². The Hall–Kier alpha value is -1.23. The van der Waals surface area contributed by atoms with Crippen LogP contribution in [-0.2, 0) is 19.0 Å². The zero-order valence-corrected chi connectivity index (χ0v) is 25.0. The van der Waals surface area contributed by atoms with Crippen LogP contribution in [0.3, 0.4) is 0 Å². The summed E-state index contributed by atoms with van der Waals surface area (Å²) in [7, 11) is 0. The zero-order valence-electron chi connectivity index (χ0n) is 20.7. The first kappa shape index (κ1) is 30.3. The molecule has 0 spiro atoms. The third kappa shape index (κ3) is 8.90. The molecular formula is C26H32I2O9. The van der Waals surface area contributed by atoms with E-state index < -0.39 is 30.9 Å². The summed E-state index contributed by atoms with van der Waals surface area (Å²) in [5, 5.41) is 28.4. The first-order valence-electron chi connectivity index (χ1n) is 11.8. The molecule has 8 unspecified atom stereocenters. The molecule has 11 heteroatoms. The minimum absolute atomic E-state index is 0.0622. The van der Waals surface area contributed by atoms with E-state index in [1.54, 1.807) is 12.1 Å². The van der Waals surface area contributed by atoms with Gasteiger partial charge in [-0.2, -0.15) is 0 Å². The second kappa shape index (κ2) is 14.2. The van der Waals surface area contributed by atoms with Crippen LogP contribution in [0.5, 0.6) is 11.5 Å². The molecule has 2 fully saturated rings. The van der Waals surface area contributed by atoms with Gasteiger partial charge in [-0.25, -0.2) is 0 Å². The molecule has 204 valence electrons. The average Bonchev–Trinajstić information content (AvgIpc) is 2.87. The molecule has 2 aromatic rings. The lowest BCUT2D eigenvalue weighted by atomic mass is 9.88. The number of esters is 1. The van der Waals surface area contributed by atoms with E-state index in [0.29, 0.717) is 24.0 Å². The number of aliphatic hydroxyl groups is 3. The molecule has 0 amide bonds. The van der Waals surface area contributed by atoms with E-state index >= 15 is 0 Å². The predicted molar refractivity (Wildman–Crippen MR) is 151 cm³/mol. The molecule has 2 aliphatic rings. The third-order valence-corrected chi connectivity index (χ3v) is 7.53. The lowest BCUT2D eigenvalue weighted by Crippen LogP contribution is -2.54. The van der Waals surface area contributed by atoms with Gasteiger partial charge < -0.3 is 39.0 Å². The monoisotopic (exact) mass is 742 g/mol. The second-order valence-corrected chi connectivity index (χ2v) is 11.5. The number of hydrogen-bond acceptors (Lipinski definition) is 9. The lowest BCUT2D eigenvalue weighted by molar-refractivity contribution is -0.242. The Morgan fingerprint density at radius 1 is 0.811 bits per heavy atom. The molecule has 2 aromatic carbocycles. The maximum Gasteiger partial charge on any atom is 0.303 e. The first-order valence-corrected chi connectivity index (χ1v) is 14.0. The fraction of sp³-hybridized carbons (Fsp3) is 0.500. The summed E-state index contributed by atoms with van der Waals surface area (Å²) in [6.45, 7) is 6.10. The van der Waals surface area contributed by atoms with Crippen molar-refractivity contribution in [1.82, 2.24) is 0 Å². The molecule has 2 saturated heterocycles. The number of aliphatic hydroxyl groups excluding tert-OH is 3. The number of carbonyl (C=O) groups is 1. The number of rotatable bonds is 5. The first-order chi connectivity index (χ1) is 17.5. The van der Waals surface area contributed by atoms with Crippen molar-refractivity contribution in [3.8, 4) is 11.5 Å². The van der Waals surface area contributed by atoms with Gasteiger partial charge in [0.25, 0.3) is 0 Å². The SMILES string of the molecule is CC(=O)OC1C(Oc2ccc(I)cc2)OCC(C)C1C.OC1COC(Oc2ccc(I)cc2)C(O)C1O. The van der Waals surface area contributed by atoms with Crippen molar-refractivity contribution < 1.29 is 43.8 Å².